The zero-order valence-corrected chi connectivity index (χ0v) is 8.59. The first-order valence-electron chi connectivity index (χ1n) is 3.97. The monoisotopic (exact) mass is 212 g/mol. The van der Waals surface area contributed by atoms with E-state index in [4.69, 9.17) is 11.6 Å². The van der Waals surface area contributed by atoms with Crippen LogP contribution in [0.2, 0.25) is 5.02 Å². The van der Waals surface area contributed by atoms with Crippen molar-refractivity contribution in [2.75, 3.05) is 0 Å². The van der Waals surface area contributed by atoms with Gasteiger partial charge in [-0.2, -0.15) is 0 Å². The molecule has 0 saturated carbocycles. The van der Waals surface area contributed by atoms with E-state index in [1.54, 1.807) is 13.0 Å². The first kappa shape index (κ1) is 10.7. The Kier molecular flexibility index (Phi) is 3.25. The summed E-state index contributed by atoms with van der Waals surface area (Å²) in [5, 5.41) is 0.480. The molecule has 1 aromatic carbocycles. The molecule has 0 aliphatic rings. The molecule has 0 fully saturated rings. The van der Waals surface area contributed by atoms with Crippen molar-refractivity contribution in [2.45, 2.75) is 13.8 Å². The van der Waals surface area contributed by atoms with Crippen LogP contribution < -0.4 is 0 Å². The number of esters is 1. The van der Waals surface area contributed by atoms with Gasteiger partial charge in [0.05, 0.1) is 5.56 Å². The van der Waals surface area contributed by atoms with Crippen molar-refractivity contribution in [3.05, 3.63) is 33.8 Å². The maximum absolute atomic E-state index is 11.2. The molecule has 3 nitrogen and oxygen atoms in total. The molecule has 0 aliphatic carbocycles. The molecule has 1 rings (SSSR count). The standard InChI is InChI=1S/C10H9ClO3/c1-6-3-7(2)9(11)4-8(6)10(13)14-5-12/h3-5H,1-2H3. The summed E-state index contributed by atoms with van der Waals surface area (Å²) in [7, 11) is 0. The van der Waals surface area contributed by atoms with Crippen LogP contribution in [0.25, 0.3) is 0 Å². The molecule has 0 spiro atoms. The molecule has 0 amide bonds. The second-order valence-corrected chi connectivity index (χ2v) is 3.33. The van der Waals surface area contributed by atoms with Gasteiger partial charge in [-0.3, -0.25) is 4.79 Å². The number of carbonyl (C=O) groups is 2. The van der Waals surface area contributed by atoms with Gasteiger partial charge in [-0.15, -0.1) is 0 Å². The van der Waals surface area contributed by atoms with Gasteiger partial charge in [-0.05, 0) is 31.0 Å². The first-order valence-corrected chi connectivity index (χ1v) is 4.35. The SMILES string of the molecule is Cc1cc(C)c(C(=O)OC=O)cc1Cl. The predicted molar refractivity (Wildman–Crippen MR) is 52.4 cm³/mol. The average molecular weight is 213 g/mol. The lowest BCUT2D eigenvalue weighted by atomic mass is 10.1. The van der Waals surface area contributed by atoms with E-state index in [0.29, 0.717) is 10.6 Å². The lowest BCUT2D eigenvalue weighted by Crippen LogP contribution is -2.06. The van der Waals surface area contributed by atoms with Gasteiger partial charge >= 0.3 is 12.4 Å². The molecule has 0 saturated heterocycles. The summed E-state index contributed by atoms with van der Waals surface area (Å²) < 4.78 is 4.23. The Labute approximate surface area is 86.6 Å². The molecular weight excluding hydrogens is 204 g/mol. The molecule has 0 radical (unpaired) electrons. The van der Waals surface area contributed by atoms with Crippen molar-refractivity contribution in [3.63, 3.8) is 0 Å². The van der Waals surface area contributed by atoms with Crippen molar-refractivity contribution in [2.24, 2.45) is 0 Å². The molecule has 1 aromatic rings. The summed E-state index contributed by atoms with van der Waals surface area (Å²) in [5.41, 5.74) is 1.93. The summed E-state index contributed by atoms with van der Waals surface area (Å²) in [6.45, 7) is 3.70. The molecule has 0 heterocycles. The fraction of sp³-hybridized carbons (Fsp3) is 0.200. The minimum atomic E-state index is -0.681. The van der Waals surface area contributed by atoms with E-state index >= 15 is 0 Å². The van der Waals surface area contributed by atoms with Crippen LogP contribution in [0.5, 0.6) is 0 Å². The van der Waals surface area contributed by atoms with Crippen molar-refractivity contribution in [1.29, 1.82) is 0 Å². The van der Waals surface area contributed by atoms with E-state index in [0.717, 1.165) is 11.1 Å². The molecule has 4 heteroatoms. The maximum atomic E-state index is 11.2. The summed E-state index contributed by atoms with van der Waals surface area (Å²) in [4.78, 5) is 21.2. The van der Waals surface area contributed by atoms with Gasteiger partial charge in [0.25, 0.3) is 0 Å². The third-order valence-corrected chi connectivity index (χ3v) is 2.29. The third-order valence-electron chi connectivity index (χ3n) is 1.88. The highest BCUT2D eigenvalue weighted by atomic mass is 35.5. The number of rotatable bonds is 2. The second-order valence-electron chi connectivity index (χ2n) is 2.92. The molecule has 14 heavy (non-hydrogen) atoms. The van der Waals surface area contributed by atoms with Gasteiger partial charge in [0.2, 0.25) is 0 Å². The largest absolute Gasteiger partial charge is 0.392 e. The molecule has 74 valence electrons. The summed E-state index contributed by atoms with van der Waals surface area (Å²) in [5.74, 6) is -0.681. The Hall–Kier alpha value is -1.35. The molecule has 0 aromatic heterocycles. The van der Waals surface area contributed by atoms with Crippen molar-refractivity contribution in [1.82, 2.24) is 0 Å². The highest BCUT2D eigenvalue weighted by Crippen LogP contribution is 2.20. The van der Waals surface area contributed by atoms with Crippen LogP contribution in [0.15, 0.2) is 12.1 Å². The Morgan fingerprint density at radius 2 is 2.00 bits per heavy atom. The van der Waals surface area contributed by atoms with E-state index in [1.165, 1.54) is 6.07 Å². The number of benzene rings is 1. The van der Waals surface area contributed by atoms with Crippen LogP contribution in [-0.2, 0) is 9.53 Å². The molecular formula is C10H9ClO3. The highest BCUT2D eigenvalue weighted by Gasteiger charge is 2.12. The molecule has 0 unspecified atom stereocenters. The molecule has 0 bridgehead atoms. The number of ether oxygens (including phenoxy) is 1. The number of carbonyl (C=O) groups excluding carboxylic acids is 2. The van der Waals surface area contributed by atoms with E-state index in [9.17, 15) is 9.59 Å². The number of aryl methyl sites for hydroxylation is 2. The lowest BCUT2D eigenvalue weighted by molar-refractivity contribution is -0.123. The molecule has 0 atom stereocenters. The number of hydrogen-bond acceptors (Lipinski definition) is 3. The summed E-state index contributed by atoms with van der Waals surface area (Å²) >= 11 is 5.83. The first-order chi connectivity index (χ1) is 6.56. The van der Waals surface area contributed by atoms with Gasteiger partial charge in [0, 0.05) is 5.02 Å². The van der Waals surface area contributed by atoms with Gasteiger partial charge < -0.3 is 4.74 Å². The Morgan fingerprint density at radius 1 is 1.36 bits per heavy atom. The van der Waals surface area contributed by atoms with Crippen LogP contribution in [0.4, 0.5) is 0 Å². The van der Waals surface area contributed by atoms with Crippen LogP contribution in [0.1, 0.15) is 21.5 Å². The van der Waals surface area contributed by atoms with Gasteiger partial charge in [0.15, 0.2) is 0 Å². The minimum Gasteiger partial charge on any atom is -0.392 e. The molecule has 0 aliphatic heterocycles. The van der Waals surface area contributed by atoms with E-state index in [2.05, 4.69) is 4.74 Å². The summed E-state index contributed by atoms with van der Waals surface area (Å²) in [6.07, 6.45) is 0. The fourth-order valence-corrected chi connectivity index (χ4v) is 1.32. The topological polar surface area (TPSA) is 43.4 Å². The van der Waals surface area contributed by atoms with Gasteiger partial charge in [-0.1, -0.05) is 17.7 Å². The average Bonchev–Trinajstić information content (AvgIpc) is 2.11. The van der Waals surface area contributed by atoms with Crippen LogP contribution in [0, 0.1) is 13.8 Å². The number of halogens is 1. The number of hydrogen-bond donors (Lipinski definition) is 0. The quantitative estimate of drug-likeness (QED) is 0.429. The normalized spacial score (nSPS) is 9.64. The van der Waals surface area contributed by atoms with Crippen LogP contribution >= 0.6 is 11.6 Å². The minimum absolute atomic E-state index is 0.107. The fourth-order valence-electron chi connectivity index (χ4n) is 1.15. The third kappa shape index (κ3) is 2.12. The van der Waals surface area contributed by atoms with E-state index in [1.807, 2.05) is 6.92 Å². The zero-order chi connectivity index (χ0) is 10.7. The Morgan fingerprint density at radius 3 is 2.57 bits per heavy atom. The van der Waals surface area contributed by atoms with Crippen molar-refractivity contribution in [3.8, 4) is 0 Å². The van der Waals surface area contributed by atoms with E-state index < -0.39 is 5.97 Å². The Bertz CT molecular complexity index is 385. The van der Waals surface area contributed by atoms with Gasteiger partial charge in [0.1, 0.15) is 0 Å². The Balaban J connectivity index is 3.15. The highest BCUT2D eigenvalue weighted by molar-refractivity contribution is 6.31. The van der Waals surface area contributed by atoms with E-state index in [-0.39, 0.29) is 6.47 Å². The maximum Gasteiger partial charge on any atom is 0.345 e. The smallest absolute Gasteiger partial charge is 0.345 e. The van der Waals surface area contributed by atoms with Crippen molar-refractivity contribution >= 4 is 24.0 Å². The lowest BCUT2D eigenvalue weighted by Gasteiger charge is -2.05. The second kappa shape index (κ2) is 4.24. The zero-order valence-electron chi connectivity index (χ0n) is 7.83. The predicted octanol–water partition coefficient (Wildman–Crippen LogP) is 2.27. The van der Waals surface area contributed by atoms with Crippen molar-refractivity contribution < 1.29 is 14.3 Å². The van der Waals surface area contributed by atoms with Crippen LogP contribution in [0.3, 0.4) is 0 Å². The molecule has 0 N–H and O–H groups in total. The van der Waals surface area contributed by atoms with Crippen LogP contribution in [-0.4, -0.2) is 12.4 Å². The summed E-state index contributed by atoms with van der Waals surface area (Å²) in [6, 6.07) is 3.27. The van der Waals surface area contributed by atoms with Gasteiger partial charge in [-0.25, -0.2) is 4.79 Å².